The fraction of sp³-hybridized carbons (Fsp3) is 0.261. The number of carbonyl (C=O) groups is 2. The van der Waals surface area contributed by atoms with E-state index in [0.717, 1.165) is 22.0 Å². The smallest absolute Gasteiger partial charge is 0.320 e. The monoisotopic (exact) mass is 408 g/mol. The molecule has 0 aliphatic carbocycles. The Labute approximate surface area is 174 Å². The van der Waals surface area contributed by atoms with Crippen LogP contribution in [0.4, 0.5) is 0 Å². The third-order valence-electron chi connectivity index (χ3n) is 5.12. The summed E-state index contributed by atoms with van der Waals surface area (Å²) in [6.07, 6.45) is 2.49. The summed E-state index contributed by atoms with van der Waals surface area (Å²) in [7, 11) is 0. The minimum Gasteiger partial charge on any atom is -0.465 e. The van der Waals surface area contributed by atoms with E-state index in [9.17, 15) is 9.59 Å². The van der Waals surface area contributed by atoms with Gasteiger partial charge in [0.25, 0.3) is 0 Å². The van der Waals surface area contributed by atoms with Crippen LogP contribution in [-0.4, -0.2) is 35.8 Å². The Bertz CT molecular complexity index is 1100. The third-order valence-corrected chi connectivity index (χ3v) is 5.37. The van der Waals surface area contributed by atoms with E-state index < -0.39 is 5.92 Å². The number of rotatable bonds is 4. The fourth-order valence-corrected chi connectivity index (χ4v) is 4.00. The highest BCUT2D eigenvalue weighted by molar-refractivity contribution is 6.30. The summed E-state index contributed by atoms with van der Waals surface area (Å²) in [6, 6.07) is 15.0. The highest BCUT2D eigenvalue weighted by Crippen LogP contribution is 2.34. The van der Waals surface area contributed by atoms with Gasteiger partial charge >= 0.3 is 5.97 Å². The summed E-state index contributed by atoms with van der Waals surface area (Å²) in [5.74, 6) is -1.19. The van der Waals surface area contributed by atoms with Crippen molar-refractivity contribution in [2.24, 2.45) is 4.99 Å². The van der Waals surface area contributed by atoms with E-state index in [-0.39, 0.29) is 24.9 Å². The van der Waals surface area contributed by atoms with E-state index >= 15 is 0 Å². The molecule has 0 fully saturated rings. The Morgan fingerprint density at radius 2 is 1.93 bits per heavy atom. The highest BCUT2D eigenvalue weighted by atomic mass is 35.5. The van der Waals surface area contributed by atoms with Gasteiger partial charge in [-0.2, -0.15) is 0 Å². The molecule has 3 aromatic rings. The third kappa shape index (κ3) is 3.70. The molecule has 0 amide bonds. The average Bonchev–Trinajstić information content (AvgIpc) is 2.88. The first-order valence-corrected chi connectivity index (χ1v) is 10.0. The van der Waals surface area contributed by atoms with Crippen molar-refractivity contribution < 1.29 is 14.3 Å². The van der Waals surface area contributed by atoms with Gasteiger partial charge in [0.15, 0.2) is 0 Å². The highest BCUT2D eigenvalue weighted by Gasteiger charge is 2.32. The lowest BCUT2D eigenvalue weighted by Crippen LogP contribution is -2.24. The first-order valence-electron chi connectivity index (χ1n) is 9.66. The van der Waals surface area contributed by atoms with Crippen LogP contribution < -0.4 is 0 Å². The van der Waals surface area contributed by atoms with Gasteiger partial charge in [0.05, 0.1) is 18.5 Å². The number of aromatic nitrogens is 1. The minimum atomic E-state index is -0.700. The number of hydrogen-bond acceptors (Lipinski definition) is 4. The predicted molar refractivity (Wildman–Crippen MR) is 114 cm³/mol. The van der Waals surface area contributed by atoms with Crippen molar-refractivity contribution in [3.8, 4) is 0 Å². The van der Waals surface area contributed by atoms with Crippen LogP contribution in [0.2, 0.25) is 5.02 Å². The molecule has 1 aliphatic heterocycles. The van der Waals surface area contributed by atoms with Crippen molar-refractivity contribution in [2.45, 2.75) is 25.7 Å². The number of fused-ring (bicyclic) bond motifs is 3. The normalized spacial score (nSPS) is 15.7. The van der Waals surface area contributed by atoms with Crippen molar-refractivity contribution in [3.05, 3.63) is 70.4 Å². The van der Waals surface area contributed by atoms with Gasteiger partial charge in [-0.1, -0.05) is 41.9 Å². The Morgan fingerprint density at radius 1 is 1.17 bits per heavy atom. The second-order valence-electron chi connectivity index (χ2n) is 6.95. The zero-order valence-corrected chi connectivity index (χ0v) is 16.9. The van der Waals surface area contributed by atoms with Gasteiger partial charge in [-0.05, 0) is 42.7 Å². The number of para-hydroxylation sites is 1. The number of carbonyl (C=O) groups excluding carboxylic acids is 2. The molecule has 1 unspecified atom stereocenters. The van der Waals surface area contributed by atoms with Crippen LogP contribution in [0.15, 0.2) is 53.5 Å². The summed E-state index contributed by atoms with van der Waals surface area (Å²) in [4.78, 5) is 30.5. The van der Waals surface area contributed by atoms with Crippen molar-refractivity contribution in [1.29, 1.82) is 0 Å². The van der Waals surface area contributed by atoms with Crippen LogP contribution in [0, 0.1) is 0 Å². The largest absolute Gasteiger partial charge is 0.465 e. The predicted octanol–water partition coefficient (Wildman–Crippen LogP) is 4.45. The van der Waals surface area contributed by atoms with Gasteiger partial charge in [-0.25, -0.2) is 0 Å². The molecule has 148 valence electrons. The SMILES string of the molecule is CCOC(=O)C1C=NCCc2c1n(C(=O)Cc1ccc(Cl)cc1)c1ccccc21. The van der Waals surface area contributed by atoms with Crippen LogP contribution in [0.25, 0.3) is 10.9 Å². The molecule has 6 heteroatoms. The quantitative estimate of drug-likeness (QED) is 0.599. The first-order chi connectivity index (χ1) is 14.1. The van der Waals surface area contributed by atoms with Gasteiger partial charge in [0.2, 0.25) is 5.91 Å². The topological polar surface area (TPSA) is 60.7 Å². The van der Waals surface area contributed by atoms with Crippen molar-refractivity contribution in [1.82, 2.24) is 4.57 Å². The Hall–Kier alpha value is -2.92. The standard InChI is InChI=1S/C23H21ClN2O3/c1-2-29-23(28)19-14-25-12-11-18-17-5-3-4-6-20(17)26(22(18)19)21(27)13-15-7-9-16(24)10-8-15/h3-10,14,19H,2,11-13H2,1H3. The number of nitrogens with zero attached hydrogens (tertiary/aromatic N) is 2. The molecule has 1 aliphatic rings. The molecule has 0 bridgehead atoms. The Morgan fingerprint density at radius 3 is 2.69 bits per heavy atom. The fourth-order valence-electron chi connectivity index (χ4n) is 3.87. The van der Waals surface area contributed by atoms with Gasteiger partial charge < -0.3 is 4.74 Å². The maximum Gasteiger partial charge on any atom is 0.320 e. The van der Waals surface area contributed by atoms with Crippen molar-refractivity contribution in [3.63, 3.8) is 0 Å². The van der Waals surface area contributed by atoms with Gasteiger partial charge in [0, 0.05) is 28.9 Å². The molecule has 2 aromatic carbocycles. The lowest BCUT2D eigenvalue weighted by atomic mass is 10.00. The zero-order chi connectivity index (χ0) is 20.4. The molecule has 0 N–H and O–H groups in total. The summed E-state index contributed by atoms with van der Waals surface area (Å²) >= 11 is 5.97. The first kappa shape index (κ1) is 19.4. The molecule has 29 heavy (non-hydrogen) atoms. The summed E-state index contributed by atoms with van der Waals surface area (Å²) in [5.41, 5.74) is 3.33. The van der Waals surface area contributed by atoms with Gasteiger partial charge in [-0.15, -0.1) is 0 Å². The minimum absolute atomic E-state index is 0.102. The molecule has 1 atom stereocenters. The van der Waals surface area contributed by atoms with E-state index in [2.05, 4.69) is 4.99 Å². The summed E-state index contributed by atoms with van der Waals surface area (Å²) < 4.78 is 6.97. The number of benzene rings is 2. The molecule has 2 heterocycles. The van der Waals surface area contributed by atoms with Gasteiger partial charge in [0.1, 0.15) is 5.92 Å². The molecule has 0 spiro atoms. The average molecular weight is 409 g/mol. The van der Waals surface area contributed by atoms with Crippen LogP contribution in [0.1, 0.15) is 34.5 Å². The number of hydrogen-bond donors (Lipinski definition) is 0. The number of aliphatic imine (C=N–C) groups is 1. The molecular formula is C23H21ClN2O3. The van der Waals surface area contributed by atoms with Crippen molar-refractivity contribution >= 4 is 40.6 Å². The second-order valence-corrected chi connectivity index (χ2v) is 7.38. The molecule has 0 saturated heterocycles. The molecule has 0 saturated carbocycles. The number of esters is 1. The lowest BCUT2D eigenvalue weighted by Gasteiger charge is -2.16. The van der Waals surface area contributed by atoms with E-state index in [4.69, 9.17) is 16.3 Å². The molecule has 4 rings (SSSR count). The van der Waals surface area contributed by atoms with E-state index in [1.54, 1.807) is 29.8 Å². The zero-order valence-electron chi connectivity index (χ0n) is 16.1. The molecule has 0 radical (unpaired) electrons. The number of ether oxygens (including phenoxy) is 1. The number of halogens is 1. The van der Waals surface area contributed by atoms with Crippen LogP contribution in [0.3, 0.4) is 0 Å². The molecule has 5 nitrogen and oxygen atoms in total. The maximum atomic E-state index is 13.4. The van der Waals surface area contributed by atoms with Crippen LogP contribution in [-0.2, 0) is 22.4 Å². The Balaban J connectivity index is 1.86. The van der Waals surface area contributed by atoms with E-state index in [0.29, 0.717) is 23.7 Å². The lowest BCUT2D eigenvalue weighted by molar-refractivity contribution is -0.143. The Kier molecular flexibility index (Phi) is 5.49. The molecular weight excluding hydrogens is 388 g/mol. The van der Waals surface area contributed by atoms with Crippen molar-refractivity contribution in [2.75, 3.05) is 13.2 Å². The summed E-state index contributed by atoms with van der Waals surface area (Å²) in [6.45, 7) is 2.62. The molecule has 1 aromatic heterocycles. The van der Waals surface area contributed by atoms with Crippen LogP contribution >= 0.6 is 11.6 Å². The van der Waals surface area contributed by atoms with Crippen LogP contribution in [0.5, 0.6) is 0 Å². The second kappa shape index (κ2) is 8.21. The summed E-state index contributed by atoms with van der Waals surface area (Å²) in [5, 5.41) is 1.60. The van der Waals surface area contributed by atoms with E-state index in [1.807, 2.05) is 36.4 Å². The van der Waals surface area contributed by atoms with E-state index in [1.165, 1.54) is 0 Å². The van der Waals surface area contributed by atoms with Gasteiger partial charge in [-0.3, -0.25) is 19.1 Å². The maximum absolute atomic E-state index is 13.4.